The quantitative estimate of drug-likeness (QED) is 0.265. The van der Waals surface area contributed by atoms with E-state index in [2.05, 4.69) is 23.3 Å². The van der Waals surface area contributed by atoms with Crippen molar-refractivity contribution < 1.29 is 23.9 Å². The third-order valence-electron chi connectivity index (χ3n) is 5.55. The molecule has 9 heteroatoms. The lowest BCUT2D eigenvalue weighted by Gasteiger charge is -2.30. The molecule has 3 rings (SSSR count). The molecule has 1 aliphatic heterocycles. The molecule has 0 unspecified atom stereocenters. The predicted octanol–water partition coefficient (Wildman–Crippen LogP) is 4.69. The van der Waals surface area contributed by atoms with Gasteiger partial charge in [-0.3, -0.25) is 9.59 Å². The van der Waals surface area contributed by atoms with Gasteiger partial charge < -0.3 is 20.1 Å². The lowest BCUT2D eigenvalue weighted by atomic mass is 9.82. The highest BCUT2D eigenvalue weighted by Gasteiger charge is 2.37. The monoisotopic (exact) mass is 517 g/mol. The molecule has 0 saturated carbocycles. The standard InChI is InChI=1S/C28H27N3O5S/c1-5-13-36-28(34)25-17(2)30-27(22(15-29)26(25)21-11-6-7-12-23(21)35-4)37-16-24(33)31-20-10-8-9-19(14-20)18(3)32/h5-12,14,26,30H,1,13,16H2,2-4H3,(H,31,33)/t26-/m1/s1. The van der Waals surface area contributed by atoms with Crippen LogP contribution in [0.1, 0.15) is 35.7 Å². The van der Waals surface area contributed by atoms with Crippen molar-refractivity contribution in [1.29, 1.82) is 5.26 Å². The van der Waals surface area contributed by atoms with Gasteiger partial charge in [-0.05, 0) is 32.0 Å². The van der Waals surface area contributed by atoms with Crippen molar-refractivity contribution in [2.45, 2.75) is 19.8 Å². The van der Waals surface area contributed by atoms with Crippen molar-refractivity contribution in [1.82, 2.24) is 5.32 Å². The summed E-state index contributed by atoms with van der Waals surface area (Å²) in [6.07, 6.45) is 1.47. The maximum atomic E-state index is 13.0. The summed E-state index contributed by atoms with van der Waals surface area (Å²) < 4.78 is 10.8. The molecule has 1 atom stereocenters. The Morgan fingerprint density at radius 3 is 2.65 bits per heavy atom. The molecule has 0 bridgehead atoms. The summed E-state index contributed by atoms with van der Waals surface area (Å²) >= 11 is 1.14. The fourth-order valence-electron chi connectivity index (χ4n) is 3.88. The van der Waals surface area contributed by atoms with Crippen molar-refractivity contribution in [3.05, 3.63) is 94.2 Å². The van der Waals surface area contributed by atoms with Crippen LogP contribution in [0.5, 0.6) is 5.75 Å². The summed E-state index contributed by atoms with van der Waals surface area (Å²) in [5.74, 6) is -1.27. The Morgan fingerprint density at radius 1 is 1.22 bits per heavy atom. The maximum absolute atomic E-state index is 13.0. The summed E-state index contributed by atoms with van der Waals surface area (Å²) in [7, 11) is 1.52. The van der Waals surface area contributed by atoms with E-state index in [4.69, 9.17) is 9.47 Å². The van der Waals surface area contributed by atoms with Crippen LogP contribution in [0.4, 0.5) is 5.69 Å². The van der Waals surface area contributed by atoms with Gasteiger partial charge in [-0.1, -0.05) is 54.7 Å². The highest BCUT2D eigenvalue weighted by atomic mass is 32.2. The molecule has 1 amide bonds. The van der Waals surface area contributed by atoms with E-state index in [-0.39, 0.29) is 35.2 Å². The third kappa shape index (κ3) is 6.48. The minimum atomic E-state index is -0.766. The van der Waals surface area contributed by atoms with Gasteiger partial charge >= 0.3 is 5.97 Å². The number of benzene rings is 2. The van der Waals surface area contributed by atoms with Crippen molar-refractivity contribution >= 4 is 35.1 Å². The van der Waals surface area contributed by atoms with Gasteiger partial charge in [0.1, 0.15) is 12.4 Å². The van der Waals surface area contributed by atoms with E-state index in [1.807, 2.05) is 0 Å². The number of nitriles is 1. The van der Waals surface area contributed by atoms with E-state index >= 15 is 0 Å². The van der Waals surface area contributed by atoms with Gasteiger partial charge in [0.2, 0.25) is 5.91 Å². The number of methoxy groups -OCH3 is 1. The van der Waals surface area contributed by atoms with Crippen molar-refractivity contribution in [2.24, 2.45) is 0 Å². The number of dihydropyridines is 1. The molecule has 0 fully saturated rings. The number of esters is 1. The van der Waals surface area contributed by atoms with Gasteiger partial charge in [0.05, 0.1) is 41.0 Å². The van der Waals surface area contributed by atoms with Crippen LogP contribution in [-0.2, 0) is 14.3 Å². The number of ketones is 1. The van der Waals surface area contributed by atoms with Crippen LogP contribution in [0.2, 0.25) is 0 Å². The number of carbonyl (C=O) groups is 3. The van der Waals surface area contributed by atoms with Gasteiger partial charge in [0.25, 0.3) is 0 Å². The van der Waals surface area contributed by atoms with Crippen LogP contribution in [0.15, 0.2) is 83.1 Å². The number of Topliss-reactive ketones (excluding diaryl/α,β-unsaturated/α-hetero) is 1. The van der Waals surface area contributed by atoms with Crippen molar-refractivity contribution in [3.63, 3.8) is 0 Å². The summed E-state index contributed by atoms with van der Waals surface area (Å²) in [5, 5.41) is 16.5. The molecule has 8 nitrogen and oxygen atoms in total. The second-order valence-electron chi connectivity index (χ2n) is 8.05. The first-order valence-electron chi connectivity index (χ1n) is 11.4. The fraction of sp³-hybridized carbons (Fsp3) is 0.214. The molecule has 1 heterocycles. The number of para-hydroxylation sites is 1. The summed E-state index contributed by atoms with van der Waals surface area (Å²) in [5.41, 5.74) is 2.65. The number of hydrogen-bond donors (Lipinski definition) is 2. The molecule has 0 aromatic heterocycles. The van der Waals surface area contributed by atoms with E-state index in [9.17, 15) is 19.6 Å². The van der Waals surface area contributed by atoms with Gasteiger partial charge in [-0.25, -0.2) is 4.79 Å². The summed E-state index contributed by atoms with van der Waals surface area (Å²) in [4.78, 5) is 37.3. The molecular weight excluding hydrogens is 490 g/mol. The van der Waals surface area contributed by atoms with E-state index in [0.29, 0.717) is 33.3 Å². The van der Waals surface area contributed by atoms with Crippen LogP contribution < -0.4 is 15.4 Å². The van der Waals surface area contributed by atoms with Crippen LogP contribution >= 0.6 is 11.8 Å². The van der Waals surface area contributed by atoms with Gasteiger partial charge in [0.15, 0.2) is 5.78 Å². The number of nitrogens with one attached hydrogen (secondary N) is 2. The largest absolute Gasteiger partial charge is 0.496 e. The van der Waals surface area contributed by atoms with E-state index in [0.717, 1.165) is 11.8 Å². The second kappa shape index (κ2) is 12.6. The zero-order chi connectivity index (χ0) is 26.9. The molecule has 2 N–H and O–H groups in total. The Hall–Kier alpha value is -4.29. The number of anilines is 1. The smallest absolute Gasteiger partial charge is 0.337 e. The Bertz CT molecular complexity index is 1340. The molecule has 190 valence electrons. The highest BCUT2D eigenvalue weighted by molar-refractivity contribution is 8.03. The van der Waals surface area contributed by atoms with Crippen LogP contribution in [0, 0.1) is 11.3 Å². The summed E-state index contributed by atoms with van der Waals surface area (Å²) in [6.45, 7) is 6.77. The molecule has 2 aromatic rings. The lowest BCUT2D eigenvalue weighted by molar-refractivity contribution is -0.138. The molecule has 0 radical (unpaired) electrons. The minimum absolute atomic E-state index is 0.0139. The normalized spacial score (nSPS) is 14.8. The molecule has 37 heavy (non-hydrogen) atoms. The molecule has 0 saturated heterocycles. The van der Waals surface area contributed by atoms with Crippen LogP contribution in [0.3, 0.4) is 0 Å². The zero-order valence-electron chi connectivity index (χ0n) is 20.8. The molecular formula is C28H27N3O5S. The first kappa shape index (κ1) is 27.3. The SMILES string of the molecule is C=CCOC(=O)C1=C(C)NC(SCC(=O)Nc2cccc(C(C)=O)c2)=C(C#N)[C@H]1c1ccccc1OC. The minimum Gasteiger partial charge on any atom is -0.496 e. The Kier molecular flexibility index (Phi) is 9.30. The number of amides is 1. The number of nitrogens with zero attached hydrogens (tertiary/aromatic N) is 1. The number of hydrogen-bond acceptors (Lipinski definition) is 8. The number of rotatable bonds is 10. The number of thioether (sulfide) groups is 1. The maximum Gasteiger partial charge on any atom is 0.337 e. The van der Waals surface area contributed by atoms with E-state index in [1.54, 1.807) is 55.5 Å². The highest BCUT2D eigenvalue weighted by Crippen LogP contribution is 2.43. The second-order valence-corrected chi connectivity index (χ2v) is 9.04. The number of allylic oxidation sites excluding steroid dienone is 2. The average Bonchev–Trinajstić information content (AvgIpc) is 2.90. The van der Waals surface area contributed by atoms with Crippen LogP contribution in [0.25, 0.3) is 0 Å². The lowest BCUT2D eigenvalue weighted by Crippen LogP contribution is -2.29. The zero-order valence-corrected chi connectivity index (χ0v) is 21.6. The summed E-state index contributed by atoms with van der Waals surface area (Å²) in [6, 6.07) is 16.0. The average molecular weight is 518 g/mol. The first-order valence-corrected chi connectivity index (χ1v) is 12.4. The topological polar surface area (TPSA) is 118 Å². The molecule has 2 aromatic carbocycles. The molecule has 0 spiro atoms. The Labute approximate surface area is 220 Å². The Morgan fingerprint density at radius 2 is 1.97 bits per heavy atom. The van der Waals surface area contributed by atoms with E-state index in [1.165, 1.54) is 20.1 Å². The van der Waals surface area contributed by atoms with Gasteiger partial charge in [-0.15, -0.1) is 0 Å². The third-order valence-corrected chi connectivity index (χ3v) is 6.57. The van der Waals surface area contributed by atoms with Gasteiger partial charge in [0, 0.05) is 22.5 Å². The molecule has 1 aliphatic rings. The predicted molar refractivity (Wildman–Crippen MR) is 143 cm³/mol. The van der Waals surface area contributed by atoms with Crippen molar-refractivity contribution in [2.75, 3.05) is 24.8 Å². The first-order chi connectivity index (χ1) is 17.8. The van der Waals surface area contributed by atoms with Crippen molar-refractivity contribution in [3.8, 4) is 11.8 Å². The fourth-order valence-corrected chi connectivity index (χ4v) is 4.77. The number of carbonyl (C=O) groups excluding carboxylic acids is 3. The molecule has 0 aliphatic carbocycles. The number of ether oxygens (including phenoxy) is 2. The van der Waals surface area contributed by atoms with E-state index < -0.39 is 11.9 Å². The van der Waals surface area contributed by atoms with Gasteiger partial charge in [-0.2, -0.15) is 5.26 Å². The Balaban J connectivity index is 1.92. The van der Waals surface area contributed by atoms with Crippen LogP contribution in [-0.4, -0.2) is 37.1 Å².